The molecule has 0 aliphatic rings. The van der Waals surface area contributed by atoms with Crippen molar-refractivity contribution in [1.82, 2.24) is 4.98 Å². The monoisotopic (exact) mass is 165 g/mol. The highest BCUT2D eigenvalue weighted by Gasteiger charge is 2.01. The second kappa shape index (κ2) is 3.71. The van der Waals surface area contributed by atoms with Crippen molar-refractivity contribution < 1.29 is 4.42 Å². The van der Waals surface area contributed by atoms with Crippen LogP contribution < -0.4 is 5.73 Å². The summed E-state index contributed by atoms with van der Waals surface area (Å²) in [6, 6.07) is 0. The van der Waals surface area contributed by atoms with E-state index in [1.807, 2.05) is 6.92 Å². The van der Waals surface area contributed by atoms with Gasteiger partial charge in [-0.25, -0.2) is 4.98 Å². The van der Waals surface area contributed by atoms with E-state index in [0.29, 0.717) is 11.7 Å². The third-order valence-corrected chi connectivity index (χ3v) is 1.33. The van der Waals surface area contributed by atoms with Crippen LogP contribution in [0.4, 0.5) is 0 Å². The normalized spacial score (nSPS) is 12.7. The Kier molecular flexibility index (Phi) is 2.63. The molecule has 2 N–H and O–H groups in total. The van der Waals surface area contributed by atoms with E-state index in [1.165, 1.54) is 12.4 Å². The number of nitrogens with zero attached hydrogens (tertiary/aromatic N) is 2. The Balaban J connectivity index is 2.84. The number of rotatable bonds is 2. The highest BCUT2D eigenvalue weighted by atomic mass is 16.4. The van der Waals surface area contributed by atoms with Crippen molar-refractivity contribution in [3.63, 3.8) is 0 Å². The topological polar surface area (TPSA) is 64.4 Å². The fourth-order valence-corrected chi connectivity index (χ4v) is 0.747. The lowest BCUT2D eigenvalue weighted by Crippen LogP contribution is -1.90. The Morgan fingerprint density at radius 1 is 1.75 bits per heavy atom. The van der Waals surface area contributed by atoms with Crippen LogP contribution in [0.3, 0.4) is 0 Å². The van der Waals surface area contributed by atoms with Crippen molar-refractivity contribution in [1.29, 1.82) is 0 Å². The zero-order valence-electron chi connectivity index (χ0n) is 7.11. The third kappa shape index (κ3) is 1.95. The van der Waals surface area contributed by atoms with Gasteiger partial charge in [0.25, 0.3) is 0 Å². The molecule has 0 amide bonds. The highest BCUT2D eigenvalue weighted by molar-refractivity contribution is 5.96. The van der Waals surface area contributed by atoms with Gasteiger partial charge < -0.3 is 10.2 Å². The summed E-state index contributed by atoms with van der Waals surface area (Å²) in [5, 5.41) is 0. The first-order valence-electron chi connectivity index (χ1n) is 3.58. The minimum absolute atomic E-state index is 0.635. The predicted molar refractivity (Wildman–Crippen MR) is 46.8 cm³/mol. The SMILES string of the molecule is C/C(=N\C=C/N)c1cnc(C)o1. The number of hydrogen-bond acceptors (Lipinski definition) is 4. The summed E-state index contributed by atoms with van der Waals surface area (Å²) in [7, 11) is 0. The molecule has 64 valence electrons. The first-order valence-corrected chi connectivity index (χ1v) is 3.58. The molecule has 0 saturated heterocycles. The van der Waals surface area contributed by atoms with E-state index in [-0.39, 0.29) is 0 Å². The molecule has 4 heteroatoms. The minimum atomic E-state index is 0.635. The summed E-state index contributed by atoms with van der Waals surface area (Å²) in [5.41, 5.74) is 5.89. The Hall–Kier alpha value is -1.58. The number of oxazole rings is 1. The molecule has 1 aromatic rings. The molecule has 1 heterocycles. The van der Waals surface area contributed by atoms with Gasteiger partial charge in [-0.1, -0.05) is 0 Å². The first-order chi connectivity index (χ1) is 5.74. The Bertz CT molecular complexity index is 312. The Morgan fingerprint density at radius 3 is 3.00 bits per heavy atom. The second-order valence-electron chi connectivity index (χ2n) is 2.30. The zero-order valence-corrected chi connectivity index (χ0v) is 7.11. The van der Waals surface area contributed by atoms with Crippen LogP contribution >= 0.6 is 0 Å². The summed E-state index contributed by atoms with van der Waals surface area (Å²) < 4.78 is 5.23. The maximum atomic E-state index is 5.23. The molecule has 0 fully saturated rings. The van der Waals surface area contributed by atoms with Gasteiger partial charge in [-0.2, -0.15) is 0 Å². The Morgan fingerprint density at radius 2 is 2.50 bits per heavy atom. The van der Waals surface area contributed by atoms with Crippen LogP contribution in [0.15, 0.2) is 28.0 Å². The van der Waals surface area contributed by atoms with Gasteiger partial charge in [0.2, 0.25) is 0 Å². The maximum Gasteiger partial charge on any atom is 0.191 e. The highest BCUT2D eigenvalue weighted by Crippen LogP contribution is 2.03. The van der Waals surface area contributed by atoms with Crippen LogP contribution in [0.5, 0.6) is 0 Å². The van der Waals surface area contributed by atoms with Crippen LogP contribution in [0, 0.1) is 6.92 Å². The standard InChI is InChI=1S/C8H11N3O/c1-6(10-4-3-9)8-5-11-7(2)12-8/h3-5H,9H2,1-2H3/b4-3-,10-6+. The van der Waals surface area contributed by atoms with E-state index >= 15 is 0 Å². The number of nitrogens with two attached hydrogens (primary N) is 1. The van der Waals surface area contributed by atoms with E-state index in [9.17, 15) is 0 Å². The lowest BCUT2D eigenvalue weighted by Gasteiger charge is -1.89. The van der Waals surface area contributed by atoms with Gasteiger partial charge in [0.1, 0.15) is 0 Å². The molecule has 0 aliphatic heterocycles. The molecule has 0 radical (unpaired) electrons. The minimum Gasteiger partial charge on any atom is -0.440 e. The van der Waals surface area contributed by atoms with Crippen molar-refractivity contribution in [2.24, 2.45) is 10.7 Å². The van der Waals surface area contributed by atoms with Crippen LogP contribution in [0.2, 0.25) is 0 Å². The lowest BCUT2D eigenvalue weighted by molar-refractivity contribution is 0.513. The zero-order chi connectivity index (χ0) is 8.97. The van der Waals surface area contributed by atoms with Crippen molar-refractivity contribution in [3.05, 3.63) is 30.2 Å². The number of aliphatic imine (C=N–C) groups is 1. The summed E-state index contributed by atoms with van der Waals surface area (Å²) in [4.78, 5) is 7.95. The largest absolute Gasteiger partial charge is 0.440 e. The number of aryl methyl sites for hydroxylation is 1. The van der Waals surface area contributed by atoms with Gasteiger partial charge >= 0.3 is 0 Å². The average molecular weight is 165 g/mol. The molecular formula is C8H11N3O. The molecule has 0 unspecified atom stereocenters. The summed E-state index contributed by atoms with van der Waals surface area (Å²) >= 11 is 0. The quantitative estimate of drug-likeness (QED) is 0.670. The van der Waals surface area contributed by atoms with Gasteiger partial charge in [-0.05, 0) is 6.92 Å². The maximum absolute atomic E-state index is 5.23. The number of aromatic nitrogens is 1. The van der Waals surface area contributed by atoms with E-state index in [2.05, 4.69) is 9.98 Å². The fourth-order valence-electron chi connectivity index (χ4n) is 0.747. The molecule has 0 spiro atoms. The van der Waals surface area contributed by atoms with Gasteiger partial charge in [0.05, 0.1) is 11.9 Å². The van der Waals surface area contributed by atoms with Crippen molar-refractivity contribution in [2.45, 2.75) is 13.8 Å². The molecular weight excluding hydrogens is 154 g/mol. The summed E-state index contributed by atoms with van der Waals surface area (Å²) in [5.74, 6) is 1.31. The molecule has 4 nitrogen and oxygen atoms in total. The van der Waals surface area contributed by atoms with E-state index in [0.717, 1.165) is 5.71 Å². The molecule has 1 rings (SSSR count). The smallest absolute Gasteiger partial charge is 0.191 e. The van der Waals surface area contributed by atoms with Gasteiger partial charge in [-0.3, -0.25) is 4.99 Å². The second-order valence-corrected chi connectivity index (χ2v) is 2.30. The van der Waals surface area contributed by atoms with E-state index in [4.69, 9.17) is 10.2 Å². The van der Waals surface area contributed by atoms with Gasteiger partial charge in [0, 0.05) is 19.3 Å². The van der Waals surface area contributed by atoms with Crippen LogP contribution in [-0.4, -0.2) is 10.7 Å². The van der Waals surface area contributed by atoms with Crippen LogP contribution in [-0.2, 0) is 0 Å². The predicted octanol–water partition coefficient (Wildman–Crippen LogP) is 1.22. The first kappa shape index (κ1) is 8.52. The molecule has 0 aromatic carbocycles. The number of hydrogen-bond donors (Lipinski definition) is 1. The molecule has 0 bridgehead atoms. The van der Waals surface area contributed by atoms with Crippen molar-refractivity contribution in [3.8, 4) is 0 Å². The van der Waals surface area contributed by atoms with Crippen molar-refractivity contribution >= 4 is 5.71 Å². The summed E-state index contributed by atoms with van der Waals surface area (Å²) in [6.07, 6.45) is 4.51. The van der Waals surface area contributed by atoms with Gasteiger partial charge in [0.15, 0.2) is 11.7 Å². The lowest BCUT2D eigenvalue weighted by atomic mass is 10.3. The molecule has 0 aliphatic carbocycles. The third-order valence-electron chi connectivity index (χ3n) is 1.33. The molecule has 12 heavy (non-hydrogen) atoms. The van der Waals surface area contributed by atoms with E-state index < -0.39 is 0 Å². The molecule has 0 atom stereocenters. The average Bonchev–Trinajstić information content (AvgIpc) is 2.47. The molecule has 0 saturated carbocycles. The van der Waals surface area contributed by atoms with Crippen LogP contribution in [0.1, 0.15) is 18.6 Å². The van der Waals surface area contributed by atoms with E-state index in [1.54, 1.807) is 13.1 Å². The molecule has 1 aromatic heterocycles. The fraction of sp³-hybridized carbons (Fsp3) is 0.250. The van der Waals surface area contributed by atoms with Gasteiger partial charge in [-0.15, -0.1) is 0 Å². The summed E-state index contributed by atoms with van der Waals surface area (Å²) in [6.45, 7) is 3.62. The Labute approximate surface area is 70.8 Å². The van der Waals surface area contributed by atoms with Crippen molar-refractivity contribution in [2.75, 3.05) is 0 Å². The van der Waals surface area contributed by atoms with Crippen LogP contribution in [0.25, 0.3) is 0 Å².